The molecule has 0 fully saturated rings. The topological polar surface area (TPSA) is 75.6 Å². The molecule has 0 aliphatic carbocycles. The summed E-state index contributed by atoms with van der Waals surface area (Å²) in [4.78, 5) is 23.3. The molecule has 5 heteroatoms. The van der Waals surface area contributed by atoms with Crippen molar-refractivity contribution < 1.29 is 19.4 Å². The average Bonchev–Trinajstić information content (AvgIpc) is 2.60. The number of carboxylic acid groups (broad SMARTS) is 1. The van der Waals surface area contributed by atoms with Crippen LogP contribution in [0.25, 0.3) is 6.08 Å². The van der Waals surface area contributed by atoms with Crippen LogP contribution in [0.15, 0.2) is 60.7 Å². The third-order valence-electron chi connectivity index (χ3n) is 3.44. The van der Waals surface area contributed by atoms with Crippen LogP contribution in [0.2, 0.25) is 0 Å². The van der Waals surface area contributed by atoms with Crippen LogP contribution in [0.4, 0.5) is 0 Å². The summed E-state index contributed by atoms with van der Waals surface area (Å²) in [5.41, 5.74) is 1.67. The van der Waals surface area contributed by atoms with Crippen LogP contribution >= 0.6 is 0 Å². The van der Waals surface area contributed by atoms with E-state index in [4.69, 9.17) is 4.74 Å². The number of carbonyl (C=O) groups is 2. The number of methoxy groups -OCH3 is 1. The molecule has 2 N–H and O–H groups in total. The van der Waals surface area contributed by atoms with Crippen LogP contribution in [0.5, 0.6) is 5.75 Å². The lowest BCUT2D eigenvalue weighted by Gasteiger charge is -2.13. The molecule has 0 heterocycles. The van der Waals surface area contributed by atoms with Crippen molar-refractivity contribution in [1.82, 2.24) is 5.32 Å². The van der Waals surface area contributed by atoms with Crippen LogP contribution in [0.3, 0.4) is 0 Å². The monoisotopic (exact) mass is 325 g/mol. The van der Waals surface area contributed by atoms with E-state index in [1.807, 2.05) is 30.3 Å². The smallest absolute Gasteiger partial charge is 0.326 e. The van der Waals surface area contributed by atoms with Gasteiger partial charge in [-0.15, -0.1) is 0 Å². The van der Waals surface area contributed by atoms with Gasteiger partial charge in [-0.2, -0.15) is 0 Å². The number of hydrogen-bond acceptors (Lipinski definition) is 3. The number of amides is 1. The van der Waals surface area contributed by atoms with E-state index in [9.17, 15) is 14.7 Å². The van der Waals surface area contributed by atoms with E-state index in [1.165, 1.54) is 6.08 Å². The standard InChI is InChI=1S/C19H19NO4/c1-24-16-10-7-14(8-11-16)9-12-18(21)20-17(19(22)23)13-15-5-3-2-4-6-15/h2-12,17H,13H2,1H3,(H,20,21)(H,22,23)/b12-9+. The second kappa shape index (κ2) is 8.53. The van der Waals surface area contributed by atoms with Gasteiger partial charge in [0.1, 0.15) is 11.8 Å². The van der Waals surface area contributed by atoms with Gasteiger partial charge in [0, 0.05) is 12.5 Å². The third kappa shape index (κ3) is 5.28. The maximum absolute atomic E-state index is 12.0. The Morgan fingerprint density at radius 1 is 1.12 bits per heavy atom. The summed E-state index contributed by atoms with van der Waals surface area (Å²) >= 11 is 0. The Labute approximate surface area is 140 Å². The molecule has 1 amide bonds. The highest BCUT2D eigenvalue weighted by Gasteiger charge is 2.19. The minimum absolute atomic E-state index is 0.234. The van der Waals surface area contributed by atoms with Crippen molar-refractivity contribution in [1.29, 1.82) is 0 Å². The molecule has 24 heavy (non-hydrogen) atoms. The number of ether oxygens (including phenoxy) is 1. The van der Waals surface area contributed by atoms with Gasteiger partial charge >= 0.3 is 5.97 Å². The molecule has 0 aliphatic rings. The Balaban J connectivity index is 1.97. The van der Waals surface area contributed by atoms with Crippen LogP contribution < -0.4 is 10.1 Å². The van der Waals surface area contributed by atoms with E-state index in [-0.39, 0.29) is 6.42 Å². The number of nitrogens with one attached hydrogen (secondary N) is 1. The van der Waals surface area contributed by atoms with Gasteiger partial charge in [0.2, 0.25) is 5.91 Å². The van der Waals surface area contributed by atoms with Gasteiger partial charge in [-0.3, -0.25) is 4.79 Å². The first-order valence-electron chi connectivity index (χ1n) is 7.48. The van der Waals surface area contributed by atoms with Gasteiger partial charge in [0.05, 0.1) is 7.11 Å². The van der Waals surface area contributed by atoms with Crippen LogP contribution in [-0.2, 0) is 16.0 Å². The van der Waals surface area contributed by atoms with Crippen molar-refractivity contribution in [3.8, 4) is 5.75 Å². The molecule has 0 aliphatic heterocycles. The SMILES string of the molecule is COc1ccc(/C=C/C(=O)NC(Cc2ccccc2)C(=O)O)cc1. The zero-order valence-electron chi connectivity index (χ0n) is 13.3. The highest BCUT2D eigenvalue weighted by atomic mass is 16.5. The fraction of sp³-hybridized carbons (Fsp3) is 0.158. The Morgan fingerprint density at radius 3 is 2.38 bits per heavy atom. The van der Waals surface area contributed by atoms with E-state index in [0.717, 1.165) is 16.9 Å². The van der Waals surface area contributed by atoms with E-state index in [2.05, 4.69) is 5.32 Å². The molecule has 0 bridgehead atoms. The molecule has 5 nitrogen and oxygen atoms in total. The lowest BCUT2D eigenvalue weighted by atomic mass is 10.1. The number of hydrogen-bond donors (Lipinski definition) is 2. The molecular formula is C19H19NO4. The highest BCUT2D eigenvalue weighted by molar-refractivity contribution is 5.94. The van der Waals surface area contributed by atoms with E-state index in [1.54, 1.807) is 37.5 Å². The summed E-state index contributed by atoms with van der Waals surface area (Å²) < 4.78 is 5.06. The van der Waals surface area contributed by atoms with Crippen molar-refractivity contribution >= 4 is 18.0 Å². The molecule has 2 aromatic carbocycles. The molecular weight excluding hydrogens is 306 g/mol. The number of benzene rings is 2. The summed E-state index contributed by atoms with van der Waals surface area (Å²) in [6.45, 7) is 0. The summed E-state index contributed by atoms with van der Waals surface area (Å²) in [5.74, 6) is -0.787. The molecule has 0 saturated carbocycles. The van der Waals surface area contributed by atoms with Crippen LogP contribution in [0.1, 0.15) is 11.1 Å². The predicted octanol–water partition coefficient (Wildman–Crippen LogP) is 2.52. The van der Waals surface area contributed by atoms with E-state index < -0.39 is 17.9 Å². The predicted molar refractivity (Wildman–Crippen MR) is 91.7 cm³/mol. The lowest BCUT2D eigenvalue weighted by Crippen LogP contribution is -2.41. The molecule has 124 valence electrons. The summed E-state index contributed by atoms with van der Waals surface area (Å²) in [7, 11) is 1.58. The third-order valence-corrected chi connectivity index (χ3v) is 3.44. The number of rotatable bonds is 7. The Hall–Kier alpha value is -3.08. The maximum Gasteiger partial charge on any atom is 0.326 e. The molecule has 1 atom stereocenters. The van der Waals surface area contributed by atoms with Gasteiger partial charge in [-0.25, -0.2) is 4.79 Å². The highest BCUT2D eigenvalue weighted by Crippen LogP contribution is 2.12. The zero-order chi connectivity index (χ0) is 17.4. The zero-order valence-corrected chi connectivity index (χ0v) is 13.3. The van der Waals surface area contributed by atoms with E-state index >= 15 is 0 Å². The molecule has 0 aromatic heterocycles. The van der Waals surface area contributed by atoms with Crippen molar-refractivity contribution in [2.45, 2.75) is 12.5 Å². The first-order valence-corrected chi connectivity index (χ1v) is 7.48. The van der Waals surface area contributed by atoms with Gasteiger partial charge < -0.3 is 15.2 Å². The largest absolute Gasteiger partial charge is 0.497 e. The first-order chi connectivity index (χ1) is 11.6. The molecule has 2 rings (SSSR count). The van der Waals surface area contributed by atoms with Crippen molar-refractivity contribution in [3.05, 3.63) is 71.8 Å². The van der Waals surface area contributed by atoms with Gasteiger partial charge in [-0.05, 0) is 29.3 Å². The second-order valence-electron chi connectivity index (χ2n) is 5.20. The number of carbonyl (C=O) groups excluding carboxylic acids is 1. The average molecular weight is 325 g/mol. The van der Waals surface area contributed by atoms with Crippen molar-refractivity contribution in [3.63, 3.8) is 0 Å². The Kier molecular flexibility index (Phi) is 6.14. The van der Waals surface area contributed by atoms with Gasteiger partial charge in [-0.1, -0.05) is 42.5 Å². The Morgan fingerprint density at radius 2 is 1.79 bits per heavy atom. The van der Waals surface area contributed by atoms with Crippen LogP contribution in [0, 0.1) is 0 Å². The lowest BCUT2D eigenvalue weighted by molar-refractivity contribution is -0.141. The van der Waals surface area contributed by atoms with Crippen molar-refractivity contribution in [2.24, 2.45) is 0 Å². The molecule has 2 aromatic rings. The number of aliphatic carboxylic acids is 1. The summed E-state index contributed by atoms with van der Waals surface area (Å²) in [6.07, 6.45) is 3.18. The fourth-order valence-electron chi connectivity index (χ4n) is 2.16. The molecule has 0 spiro atoms. The summed E-state index contributed by atoms with van der Waals surface area (Å²) in [6, 6.07) is 15.4. The van der Waals surface area contributed by atoms with Gasteiger partial charge in [0.25, 0.3) is 0 Å². The quantitative estimate of drug-likeness (QED) is 0.767. The first kappa shape index (κ1) is 17.3. The van der Waals surface area contributed by atoms with Crippen molar-refractivity contribution in [2.75, 3.05) is 7.11 Å². The summed E-state index contributed by atoms with van der Waals surface area (Å²) in [5, 5.41) is 11.8. The minimum Gasteiger partial charge on any atom is -0.497 e. The van der Waals surface area contributed by atoms with E-state index in [0.29, 0.717) is 0 Å². The fourth-order valence-corrected chi connectivity index (χ4v) is 2.16. The molecule has 0 saturated heterocycles. The number of carboxylic acids is 1. The maximum atomic E-state index is 12.0. The normalized spacial score (nSPS) is 11.9. The Bertz CT molecular complexity index is 708. The molecule has 0 radical (unpaired) electrons. The van der Waals surface area contributed by atoms with Gasteiger partial charge in [0.15, 0.2) is 0 Å². The second-order valence-corrected chi connectivity index (χ2v) is 5.20. The van der Waals surface area contributed by atoms with Crippen LogP contribution in [-0.4, -0.2) is 30.1 Å². The minimum atomic E-state index is -1.06. The molecule has 1 unspecified atom stereocenters.